The molecule has 6 rings (SSSR count). The Morgan fingerprint density at radius 2 is 1.58 bits per heavy atom. The SMILES string of the molecule is O=C(c1ccc(Cl)cc1)N(CC(=O)N1c2ccccc2-n2cccc2[C@H]1c1cccc(Cl)c1)C1CC1. The van der Waals surface area contributed by atoms with Crippen LogP contribution in [0.25, 0.3) is 5.69 Å². The Bertz CT molecular complexity index is 1460. The fraction of sp³-hybridized carbons (Fsp3) is 0.172. The van der Waals surface area contributed by atoms with Crippen LogP contribution >= 0.6 is 23.2 Å². The van der Waals surface area contributed by atoms with Crippen molar-refractivity contribution >= 4 is 40.7 Å². The van der Waals surface area contributed by atoms with Crippen molar-refractivity contribution in [1.29, 1.82) is 0 Å². The van der Waals surface area contributed by atoms with E-state index in [0.29, 0.717) is 15.6 Å². The molecule has 5 nitrogen and oxygen atoms in total. The molecule has 0 saturated heterocycles. The van der Waals surface area contributed by atoms with Crippen LogP contribution in [0.5, 0.6) is 0 Å². The van der Waals surface area contributed by atoms with Crippen molar-refractivity contribution in [2.75, 3.05) is 11.4 Å². The van der Waals surface area contributed by atoms with E-state index in [1.54, 1.807) is 29.2 Å². The van der Waals surface area contributed by atoms with Crippen molar-refractivity contribution in [2.24, 2.45) is 0 Å². The first-order valence-electron chi connectivity index (χ1n) is 11.9. The molecule has 1 aliphatic heterocycles. The topological polar surface area (TPSA) is 45.6 Å². The molecule has 2 aliphatic rings. The maximum Gasteiger partial charge on any atom is 0.254 e. The maximum atomic E-state index is 14.2. The number of hydrogen-bond donors (Lipinski definition) is 0. The Morgan fingerprint density at radius 1 is 0.833 bits per heavy atom. The number of amides is 2. The van der Waals surface area contributed by atoms with E-state index in [9.17, 15) is 9.59 Å². The quantitative estimate of drug-likeness (QED) is 0.303. The predicted octanol–water partition coefficient (Wildman–Crippen LogP) is 6.52. The Balaban J connectivity index is 1.41. The average Bonchev–Trinajstić information content (AvgIpc) is 3.61. The summed E-state index contributed by atoms with van der Waals surface area (Å²) in [7, 11) is 0. The normalized spacial score (nSPS) is 16.3. The van der Waals surface area contributed by atoms with Crippen molar-refractivity contribution in [2.45, 2.75) is 24.9 Å². The van der Waals surface area contributed by atoms with E-state index < -0.39 is 0 Å². The molecule has 0 bridgehead atoms. The first-order valence-corrected chi connectivity index (χ1v) is 12.7. The van der Waals surface area contributed by atoms with Gasteiger partial charge in [-0.15, -0.1) is 0 Å². The predicted molar refractivity (Wildman–Crippen MR) is 142 cm³/mol. The van der Waals surface area contributed by atoms with E-state index in [2.05, 4.69) is 4.57 Å². The standard InChI is InChI=1S/C29H23Cl2N3O2/c30-21-12-10-19(11-13-21)29(36)33(23-14-15-23)18-27(35)34-25-8-2-1-7-24(25)32-16-4-9-26(32)28(34)20-5-3-6-22(31)17-20/h1-13,16-17,23,28H,14-15,18H2/t28-/m1/s1. The molecule has 1 aromatic heterocycles. The third kappa shape index (κ3) is 4.08. The lowest BCUT2D eigenvalue weighted by molar-refractivity contribution is -0.119. The molecule has 1 fully saturated rings. The largest absolute Gasteiger partial charge is 0.326 e. The first kappa shape index (κ1) is 22.9. The van der Waals surface area contributed by atoms with E-state index in [4.69, 9.17) is 23.2 Å². The number of para-hydroxylation sites is 2. The fourth-order valence-electron chi connectivity index (χ4n) is 4.99. The van der Waals surface area contributed by atoms with Gasteiger partial charge in [0.15, 0.2) is 0 Å². The van der Waals surface area contributed by atoms with E-state index in [1.807, 2.05) is 71.8 Å². The van der Waals surface area contributed by atoms with Crippen LogP contribution in [0.1, 0.15) is 40.5 Å². The number of carbonyl (C=O) groups is 2. The van der Waals surface area contributed by atoms with Gasteiger partial charge in [0.1, 0.15) is 12.6 Å². The Labute approximate surface area is 219 Å². The van der Waals surface area contributed by atoms with Gasteiger partial charge in [-0.2, -0.15) is 0 Å². The van der Waals surface area contributed by atoms with Gasteiger partial charge in [-0.25, -0.2) is 0 Å². The lowest BCUT2D eigenvalue weighted by Gasteiger charge is -2.39. The highest BCUT2D eigenvalue weighted by Crippen LogP contribution is 2.43. The van der Waals surface area contributed by atoms with Crippen molar-refractivity contribution in [3.8, 4) is 5.69 Å². The number of rotatable bonds is 5. The van der Waals surface area contributed by atoms with Crippen molar-refractivity contribution in [3.05, 3.63) is 118 Å². The Morgan fingerprint density at radius 3 is 2.31 bits per heavy atom. The monoisotopic (exact) mass is 515 g/mol. The summed E-state index contributed by atoms with van der Waals surface area (Å²) >= 11 is 12.4. The zero-order valence-electron chi connectivity index (χ0n) is 19.4. The van der Waals surface area contributed by atoms with Crippen LogP contribution in [-0.4, -0.2) is 33.9 Å². The molecule has 4 aromatic rings. The van der Waals surface area contributed by atoms with E-state index in [-0.39, 0.29) is 30.4 Å². The minimum Gasteiger partial charge on any atom is -0.326 e. The molecular formula is C29H23Cl2N3O2. The molecule has 36 heavy (non-hydrogen) atoms. The average molecular weight is 516 g/mol. The van der Waals surface area contributed by atoms with Crippen LogP contribution in [0.15, 0.2) is 91.1 Å². The summed E-state index contributed by atoms with van der Waals surface area (Å²) in [5, 5.41) is 1.17. The molecule has 3 aromatic carbocycles. The second-order valence-corrected chi connectivity index (χ2v) is 10.1. The number of fused-ring (bicyclic) bond motifs is 3. The highest BCUT2D eigenvalue weighted by atomic mass is 35.5. The second-order valence-electron chi connectivity index (χ2n) is 9.18. The molecule has 180 valence electrons. The molecule has 2 heterocycles. The minimum atomic E-state index is -0.382. The number of benzene rings is 3. The van der Waals surface area contributed by atoms with Crippen molar-refractivity contribution < 1.29 is 9.59 Å². The van der Waals surface area contributed by atoms with Crippen LogP contribution in [0.3, 0.4) is 0 Å². The van der Waals surface area contributed by atoms with Gasteiger partial charge in [-0.1, -0.05) is 47.5 Å². The zero-order chi connectivity index (χ0) is 24.8. The second kappa shape index (κ2) is 9.16. The summed E-state index contributed by atoms with van der Waals surface area (Å²) in [4.78, 5) is 31.1. The van der Waals surface area contributed by atoms with E-state index in [0.717, 1.165) is 35.5 Å². The molecule has 1 aliphatic carbocycles. The molecule has 1 atom stereocenters. The van der Waals surface area contributed by atoms with E-state index >= 15 is 0 Å². The van der Waals surface area contributed by atoms with Crippen molar-refractivity contribution in [3.63, 3.8) is 0 Å². The highest BCUT2D eigenvalue weighted by molar-refractivity contribution is 6.31. The number of anilines is 1. The molecule has 1 saturated carbocycles. The molecular weight excluding hydrogens is 493 g/mol. The lowest BCUT2D eigenvalue weighted by Crippen LogP contribution is -2.47. The summed E-state index contributed by atoms with van der Waals surface area (Å²) in [5.41, 5.74) is 4.12. The van der Waals surface area contributed by atoms with Gasteiger partial charge in [0.25, 0.3) is 5.91 Å². The third-order valence-electron chi connectivity index (χ3n) is 6.80. The van der Waals surface area contributed by atoms with Crippen LogP contribution in [0.2, 0.25) is 10.0 Å². The Hall–Kier alpha value is -3.54. The summed E-state index contributed by atoms with van der Waals surface area (Å²) in [5.74, 6) is -0.301. The van der Waals surface area contributed by atoms with Crippen LogP contribution in [0.4, 0.5) is 5.69 Å². The molecule has 0 spiro atoms. The number of hydrogen-bond acceptors (Lipinski definition) is 2. The molecule has 0 N–H and O–H groups in total. The summed E-state index contributed by atoms with van der Waals surface area (Å²) < 4.78 is 2.11. The van der Waals surface area contributed by atoms with Crippen LogP contribution < -0.4 is 4.90 Å². The van der Waals surface area contributed by atoms with E-state index in [1.165, 1.54) is 0 Å². The maximum absolute atomic E-state index is 14.2. The Kier molecular flexibility index (Phi) is 5.82. The third-order valence-corrected chi connectivity index (χ3v) is 7.28. The summed E-state index contributed by atoms with van der Waals surface area (Å²) in [6, 6.07) is 26.0. The minimum absolute atomic E-state index is 0.0156. The van der Waals surface area contributed by atoms with Gasteiger partial charge >= 0.3 is 0 Å². The van der Waals surface area contributed by atoms with Gasteiger partial charge in [0, 0.05) is 27.8 Å². The summed E-state index contributed by atoms with van der Waals surface area (Å²) in [6.07, 6.45) is 3.79. The number of carbonyl (C=O) groups excluding carboxylic acids is 2. The summed E-state index contributed by atoms with van der Waals surface area (Å²) in [6.45, 7) is -0.0156. The van der Waals surface area contributed by atoms with Crippen LogP contribution in [0, 0.1) is 0 Å². The molecule has 2 amide bonds. The number of halogens is 2. The molecule has 0 unspecified atom stereocenters. The fourth-order valence-corrected chi connectivity index (χ4v) is 5.31. The van der Waals surface area contributed by atoms with Crippen LogP contribution in [-0.2, 0) is 4.79 Å². The van der Waals surface area contributed by atoms with Gasteiger partial charge < -0.3 is 9.47 Å². The molecule has 7 heteroatoms. The number of aromatic nitrogens is 1. The van der Waals surface area contributed by atoms with Gasteiger partial charge in [0.2, 0.25) is 5.91 Å². The van der Waals surface area contributed by atoms with Gasteiger partial charge in [0.05, 0.1) is 17.1 Å². The highest BCUT2D eigenvalue weighted by Gasteiger charge is 2.40. The zero-order valence-corrected chi connectivity index (χ0v) is 20.9. The molecule has 0 radical (unpaired) electrons. The first-order chi connectivity index (χ1) is 17.5. The van der Waals surface area contributed by atoms with Gasteiger partial charge in [-0.3, -0.25) is 14.5 Å². The smallest absolute Gasteiger partial charge is 0.254 e. The number of nitrogens with zero attached hydrogens (tertiary/aromatic N) is 3. The van der Waals surface area contributed by atoms with Gasteiger partial charge in [-0.05, 0) is 79.1 Å². The lowest BCUT2D eigenvalue weighted by atomic mass is 9.97. The van der Waals surface area contributed by atoms with Crippen molar-refractivity contribution in [1.82, 2.24) is 9.47 Å².